The van der Waals surface area contributed by atoms with Crippen molar-refractivity contribution in [1.29, 1.82) is 0 Å². The molecule has 7 heteroatoms. The molecule has 7 nitrogen and oxygen atoms in total. The lowest BCUT2D eigenvalue weighted by molar-refractivity contribution is -0.159. The first-order valence-corrected chi connectivity index (χ1v) is 9.33. The molecule has 0 saturated heterocycles. The Morgan fingerprint density at radius 2 is 1.67 bits per heavy atom. The van der Waals surface area contributed by atoms with Crippen molar-refractivity contribution in [3.63, 3.8) is 0 Å². The van der Waals surface area contributed by atoms with Crippen LogP contribution in [-0.2, 0) is 14.3 Å². The summed E-state index contributed by atoms with van der Waals surface area (Å²) in [6.07, 6.45) is 3.07. The number of carbonyl (C=O) groups excluding carboxylic acids is 4. The zero-order valence-electron chi connectivity index (χ0n) is 15.6. The highest BCUT2D eigenvalue weighted by Gasteiger charge is 2.38. The average Bonchev–Trinajstić information content (AvgIpc) is 3.22. The summed E-state index contributed by atoms with van der Waals surface area (Å²) < 4.78 is 5.34. The normalized spacial score (nSPS) is 18.0. The number of nitrogens with zero attached hydrogens (tertiary/aromatic N) is 1. The van der Waals surface area contributed by atoms with Crippen molar-refractivity contribution in [3.05, 3.63) is 35.4 Å². The number of hydrogen-bond donors (Lipinski definition) is 1. The van der Waals surface area contributed by atoms with Crippen LogP contribution >= 0.6 is 0 Å². The zero-order valence-corrected chi connectivity index (χ0v) is 15.6. The van der Waals surface area contributed by atoms with Gasteiger partial charge in [0, 0.05) is 6.04 Å². The molecule has 1 aliphatic carbocycles. The summed E-state index contributed by atoms with van der Waals surface area (Å²) in [4.78, 5) is 50.4. The van der Waals surface area contributed by atoms with Crippen molar-refractivity contribution in [3.8, 4) is 0 Å². The van der Waals surface area contributed by atoms with Crippen LogP contribution in [0.5, 0.6) is 0 Å². The molecule has 1 aliphatic heterocycles. The van der Waals surface area contributed by atoms with Crippen LogP contribution in [0, 0.1) is 5.92 Å². The quantitative estimate of drug-likeness (QED) is 0.608. The summed E-state index contributed by atoms with van der Waals surface area (Å²) in [6.45, 7) is 3.06. The highest BCUT2D eigenvalue weighted by molar-refractivity contribution is 6.22. The molecule has 1 fully saturated rings. The molecular formula is C20H24N2O5. The Morgan fingerprint density at radius 1 is 1.11 bits per heavy atom. The van der Waals surface area contributed by atoms with Crippen molar-refractivity contribution >= 4 is 23.7 Å². The Hall–Kier alpha value is -2.70. The van der Waals surface area contributed by atoms with E-state index >= 15 is 0 Å². The van der Waals surface area contributed by atoms with E-state index in [0.29, 0.717) is 0 Å². The molecule has 0 bridgehead atoms. The van der Waals surface area contributed by atoms with Gasteiger partial charge in [-0.2, -0.15) is 0 Å². The van der Waals surface area contributed by atoms with Gasteiger partial charge in [-0.1, -0.05) is 38.8 Å². The van der Waals surface area contributed by atoms with E-state index in [1.54, 1.807) is 38.1 Å². The number of esters is 1. The standard InChI is InChI=1S/C20H24N2O5/c1-12(2)17(18(24)21-13-7-3-4-8-13)27-16(23)11-22-19(25)14-9-5-6-10-15(14)20(22)26/h5-6,9-10,12-13,17H,3-4,7-8,11H2,1-2H3,(H,21,24). The number of rotatable bonds is 6. The Labute approximate surface area is 158 Å². The molecule has 0 radical (unpaired) electrons. The molecule has 144 valence electrons. The van der Waals surface area contributed by atoms with E-state index in [-0.39, 0.29) is 29.0 Å². The fraction of sp³-hybridized carbons (Fsp3) is 0.500. The van der Waals surface area contributed by atoms with Crippen molar-refractivity contribution in [2.24, 2.45) is 5.92 Å². The van der Waals surface area contributed by atoms with E-state index < -0.39 is 30.4 Å². The molecule has 1 saturated carbocycles. The molecular weight excluding hydrogens is 348 g/mol. The Balaban J connectivity index is 1.62. The average molecular weight is 372 g/mol. The number of fused-ring (bicyclic) bond motifs is 1. The van der Waals surface area contributed by atoms with E-state index in [9.17, 15) is 19.2 Å². The smallest absolute Gasteiger partial charge is 0.327 e. The molecule has 1 unspecified atom stereocenters. The first kappa shape index (κ1) is 19.1. The Bertz CT molecular complexity index is 732. The predicted molar refractivity (Wildman–Crippen MR) is 96.9 cm³/mol. The van der Waals surface area contributed by atoms with Gasteiger partial charge in [-0.15, -0.1) is 0 Å². The minimum absolute atomic E-state index is 0.119. The molecule has 1 atom stereocenters. The fourth-order valence-corrected chi connectivity index (χ4v) is 3.54. The van der Waals surface area contributed by atoms with Gasteiger partial charge in [-0.3, -0.25) is 24.1 Å². The van der Waals surface area contributed by atoms with E-state index in [4.69, 9.17) is 4.74 Å². The molecule has 0 spiro atoms. The molecule has 3 amide bonds. The van der Waals surface area contributed by atoms with Gasteiger partial charge in [0.15, 0.2) is 6.10 Å². The van der Waals surface area contributed by atoms with Crippen molar-refractivity contribution in [2.45, 2.75) is 51.7 Å². The maximum absolute atomic E-state index is 12.5. The van der Waals surface area contributed by atoms with Crippen LogP contribution in [0.1, 0.15) is 60.2 Å². The SMILES string of the molecule is CC(C)C(OC(=O)CN1C(=O)c2ccccc2C1=O)C(=O)NC1CCCC1. The number of nitrogens with one attached hydrogen (secondary N) is 1. The molecule has 0 aromatic heterocycles. The first-order chi connectivity index (χ1) is 12.9. The van der Waals surface area contributed by atoms with Crippen LogP contribution < -0.4 is 5.32 Å². The zero-order chi connectivity index (χ0) is 19.6. The van der Waals surface area contributed by atoms with Crippen molar-refractivity contribution in [2.75, 3.05) is 6.54 Å². The summed E-state index contributed by atoms with van der Waals surface area (Å²) in [5.74, 6) is -2.37. The van der Waals surface area contributed by atoms with Crippen LogP contribution in [0.25, 0.3) is 0 Å². The topological polar surface area (TPSA) is 92.8 Å². The van der Waals surface area contributed by atoms with E-state index in [2.05, 4.69) is 5.32 Å². The summed E-state index contributed by atoms with van der Waals surface area (Å²) in [5.41, 5.74) is 0.546. The van der Waals surface area contributed by atoms with Crippen LogP contribution in [0.4, 0.5) is 0 Å². The monoisotopic (exact) mass is 372 g/mol. The fourth-order valence-electron chi connectivity index (χ4n) is 3.54. The molecule has 1 aromatic carbocycles. The minimum Gasteiger partial charge on any atom is -0.451 e. The van der Waals surface area contributed by atoms with Gasteiger partial charge in [0.25, 0.3) is 17.7 Å². The van der Waals surface area contributed by atoms with E-state index in [1.165, 1.54) is 0 Å². The van der Waals surface area contributed by atoms with Crippen molar-refractivity contribution in [1.82, 2.24) is 10.2 Å². The highest BCUT2D eigenvalue weighted by atomic mass is 16.5. The summed E-state index contributed by atoms with van der Waals surface area (Å²) >= 11 is 0. The van der Waals surface area contributed by atoms with Gasteiger partial charge in [-0.25, -0.2) is 0 Å². The van der Waals surface area contributed by atoms with Crippen LogP contribution in [-0.4, -0.2) is 47.3 Å². The van der Waals surface area contributed by atoms with E-state index in [1.807, 2.05) is 0 Å². The lowest BCUT2D eigenvalue weighted by atomic mass is 10.1. The van der Waals surface area contributed by atoms with Crippen LogP contribution in [0.3, 0.4) is 0 Å². The summed E-state index contributed by atoms with van der Waals surface area (Å²) in [7, 11) is 0. The summed E-state index contributed by atoms with van der Waals surface area (Å²) in [5, 5.41) is 2.93. The second-order valence-electron chi connectivity index (χ2n) is 7.39. The van der Waals surface area contributed by atoms with Crippen LogP contribution in [0.15, 0.2) is 24.3 Å². The van der Waals surface area contributed by atoms with Crippen molar-refractivity contribution < 1.29 is 23.9 Å². The Kier molecular flexibility index (Phi) is 5.58. The minimum atomic E-state index is -0.951. The molecule has 1 N–H and O–H groups in total. The largest absolute Gasteiger partial charge is 0.451 e. The highest BCUT2D eigenvalue weighted by Crippen LogP contribution is 2.23. The second kappa shape index (κ2) is 7.90. The third kappa shape index (κ3) is 4.02. The second-order valence-corrected chi connectivity index (χ2v) is 7.39. The van der Waals surface area contributed by atoms with E-state index in [0.717, 1.165) is 30.6 Å². The number of benzene rings is 1. The van der Waals surface area contributed by atoms with Gasteiger partial charge < -0.3 is 10.1 Å². The maximum atomic E-state index is 12.5. The molecule has 2 aliphatic rings. The number of hydrogen-bond acceptors (Lipinski definition) is 5. The predicted octanol–water partition coefficient (Wildman–Crippen LogP) is 1.91. The van der Waals surface area contributed by atoms with Gasteiger partial charge in [0.1, 0.15) is 6.54 Å². The number of imide groups is 1. The molecule has 3 rings (SSSR count). The third-order valence-corrected chi connectivity index (χ3v) is 4.99. The van der Waals surface area contributed by atoms with Crippen LogP contribution in [0.2, 0.25) is 0 Å². The van der Waals surface area contributed by atoms with Gasteiger partial charge >= 0.3 is 5.97 Å². The van der Waals surface area contributed by atoms with Gasteiger partial charge in [0.2, 0.25) is 0 Å². The Morgan fingerprint density at radius 3 is 2.19 bits per heavy atom. The lowest BCUT2D eigenvalue weighted by Gasteiger charge is -2.23. The van der Waals surface area contributed by atoms with Gasteiger partial charge in [-0.05, 0) is 30.9 Å². The molecule has 27 heavy (non-hydrogen) atoms. The third-order valence-electron chi connectivity index (χ3n) is 4.99. The summed E-state index contributed by atoms with van der Waals surface area (Å²) in [6, 6.07) is 6.54. The number of amides is 3. The maximum Gasteiger partial charge on any atom is 0.327 e. The molecule has 1 aromatic rings. The number of ether oxygens (including phenoxy) is 1. The number of carbonyl (C=O) groups is 4. The lowest BCUT2D eigenvalue weighted by Crippen LogP contribution is -2.46. The first-order valence-electron chi connectivity index (χ1n) is 9.33. The molecule has 1 heterocycles. The van der Waals surface area contributed by atoms with Gasteiger partial charge in [0.05, 0.1) is 11.1 Å².